The van der Waals surface area contributed by atoms with Crippen molar-refractivity contribution in [1.29, 1.82) is 0 Å². The van der Waals surface area contributed by atoms with Gasteiger partial charge in [-0.25, -0.2) is 0 Å². The molecule has 2 atom stereocenters. The zero-order valence-corrected chi connectivity index (χ0v) is 19.8. The number of morpholine rings is 1. The van der Waals surface area contributed by atoms with Crippen molar-refractivity contribution in [1.82, 2.24) is 14.7 Å². The maximum absolute atomic E-state index is 13.4. The van der Waals surface area contributed by atoms with E-state index in [-0.39, 0.29) is 5.92 Å². The van der Waals surface area contributed by atoms with Crippen LogP contribution in [0, 0.1) is 11.8 Å². The second kappa shape index (κ2) is 11.3. The van der Waals surface area contributed by atoms with Crippen LogP contribution in [0.2, 0.25) is 0 Å². The molecule has 1 aromatic rings. The highest BCUT2D eigenvalue weighted by Gasteiger charge is 2.35. The fraction of sp³-hybridized carbons (Fsp3) is 0.720. The molecule has 3 aliphatic heterocycles. The van der Waals surface area contributed by atoms with Crippen molar-refractivity contribution < 1.29 is 19.0 Å². The van der Waals surface area contributed by atoms with Crippen LogP contribution in [0.15, 0.2) is 18.2 Å². The van der Waals surface area contributed by atoms with Gasteiger partial charge in [0.25, 0.3) is 0 Å². The Hall–Kier alpha value is -1.83. The predicted octanol–water partition coefficient (Wildman–Crippen LogP) is 2.49. The summed E-state index contributed by atoms with van der Waals surface area (Å²) in [5, 5.41) is 0. The molecule has 7 nitrogen and oxygen atoms in total. The van der Waals surface area contributed by atoms with Gasteiger partial charge in [-0.15, -0.1) is 0 Å². The molecule has 0 spiro atoms. The van der Waals surface area contributed by atoms with Crippen LogP contribution in [0.5, 0.6) is 11.5 Å². The number of hydrogen-bond donors (Lipinski definition) is 0. The van der Waals surface area contributed by atoms with E-state index in [1.165, 1.54) is 12.0 Å². The lowest BCUT2D eigenvalue weighted by molar-refractivity contribution is -0.139. The summed E-state index contributed by atoms with van der Waals surface area (Å²) in [4.78, 5) is 20.5. The first-order valence-electron chi connectivity index (χ1n) is 12.2. The van der Waals surface area contributed by atoms with Crippen molar-refractivity contribution in [2.75, 3.05) is 73.2 Å². The Bertz CT molecular complexity index is 747. The third-order valence-corrected chi connectivity index (χ3v) is 7.10. The van der Waals surface area contributed by atoms with Gasteiger partial charge in [-0.1, -0.05) is 6.07 Å². The molecule has 4 rings (SSSR count). The van der Waals surface area contributed by atoms with Gasteiger partial charge in [0, 0.05) is 52.4 Å². The Labute approximate surface area is 192 Å². The average molecular weight is 446 g/mol. The molecule has 32 heavy (non-hydrogen) atoms. The quantitative estimate of drug-likeness (QED) is 0.643. The fourth-order valence-electron chi connectivity index (χ4n) is 5.50. The van der Waals surface area contributed by atoms with Crippen LogP contribution in [0.3, 0.4) is 0 Å². The second-order valence-electron chi connectivity index (χ2n) is 9.48. The van der Waals surface area contributed by atoms with Gasteiger partial charge in [0.05, 0.1) is 33.4 Å². The number of ether oxygens (including phenoxy) is 3. The number of likely N-dealkylation sites (tertiary alicyclic amines) is 2. The van der Waals surface area contributed by atoms with Gasteiger partial charge >= 0.3 is 0 Å². The summed E-state index contributed by atoms with van der Waals surface area (Å²) < 4.78 is 16.4. The summed E-state index contributed by atoms with van der Waals surface area (Å²) in [5.74, 6) is 2.47. The van der Waals surface area contributed by atoms with E-state index in [0.717, 1.165) is 96.3 Å². The SMILES string of the molecule is COc1ccc(CN2C[C@@H](CN3CCOCC3)C[C@@H](C(=O)N3CCCCC3)C2)cc1OC. The number of carbonyl (C=O) groups is 1. The molecule has 3 aliphatic rings. The van der Waals surface area contributed by atoms with Crippen LogP contribution < -0.4 is 9.47 Å². The Morgan fingerprint density at radius 2 is 1.72 bits per heavy atom. The molecule has 1 amide bonds. The highest BCUT2D eigenvalue weighted by molar-refractivity contribution is 5.79. The van der Waals surface area contributed by atoms with E-state index in [9.17, 15) is 4.79 Å². The molecular weight excluding hydrogens is 406 g/mol. The van der Waals surface area contributed by atoms with Gasteiger partial charge in [-0.3, -0.25) is 14.6 Å². The molecule has 0 radical (unpaired) electrons. The van der Waals surface area contributed by atoms with E-state index >= 15 is 0 Å². The number of carbonyl (C=O) groups excluding carboxylic acids is 1. The van der Waals surface area contributed by atoms with Gasteiger partial charge in [-0.05, 0) is 49.3 Å². The van der Waals surface area contributed by atoms with E-state index in [1.807, 2.05) is 6.07 Å². The highest BCUT2D eigenvalue weighted by Crippen LogP contribution is 2.31. The van der Waals surface area contributed by atoms with Crippen LogP contribution in [-0.2, 0) is 16.1 Å². The minimum Gasteiger partial charge on any atom is -0.493 e. The molecule has 0 N–H and O–H groups in total. The largest absolute Gasteiger partial charge is 0.493 e. The number of benzene rings is 1. The van der Waals surface area contributed by atoms with Gasteiger partial charge in [0.15, 0.2) is 11.5 Å². The first-order valence-corrected chi connectivity index (χ1v) is 12.2. The summed E-state index contributed by atoms with van der Waals surface area (Å²) in [6.45, 7) is 9.22. The molecule has 0 aliphatic carbocycles. The lowest BCUT2D eigenvalue weighted by Gasteiger charge is -2.41. The number of nitrogens with zero attached hydrogens (tertiary/aromatic N) is 3. The van der Waals surface area contributed by atoms with Crippen molar-refractivity contribution in [3.63, 3.8) is 0 Å². The van der Waals surface area contributed by atoms with E-state index in [1.54, 1.807) is 14.2 Å². The monoisotopic (exact) mass is 445 g/mol. The third-order valence-electron chi connectivity index (χ3n) is 7.10. The minimum absolute atomic E-state index is 0.0908. The summed E-state index contributed by atoms with van der Waals surface area (Å²) in [6.07, 6.45) is 4.53. The Morgan fingerprint density at radius 1 is 0.969 bits per heavy atom. The normalized spacial score (nSPS) is 25.5. The Kier molecular flexibility index (Phi) is 8.27. The molecule has 178 valence electrons. The number of piperidine rings is 2. The van der Waals surface area contributed by atoms with E-state index in [4.69, 9.17) is 14.2 Å². The molecule has 0 unspecified atom stereocenters. The number of methoxy groups -OCH3 is 2. The number of hydrogen-bond acceptors (Lipinski definition) is 6. The Morgan fingerprint density at radius 3 is 2.44 bits per heavy atom. The van der Waals surface area contributed by atoms with Crippen molar-refractivity contribution in [2.45, 2.75) is 32.2 Å². The smallest absolute Gasteiger partial charge is 0.226 e. The van der Waals surface area contributed by atoms with Crippen LogP contribution in [0.4, 0.5) is 0 Å². The molecule has 3 fully saturated rings. The first-order chi connectivity index (χ1) is 15.7. The third kappa shape index (κ3) is 5.94. The second-order valence-corrected chi connectivity index (χ2v) is 9.48. The summed E-state index contributed by atoms with van der Waals surface area (Å²) in [7, 11) is 3.34. The molecule has 1 aromatic carbocycles. The molecular formula is C25H39N3O4. The average Bonchev–Trinajstić information content (AvgIpc) is 2.84. The van der Waals surface area contributed by atoms with Gasteiger partial charge in [-0.2, -0.15) is 0 Å². The molecule has 3 saturated heterocycles. The summed E-state index contributed by atoms with van der Waals surface area (Å²) in [6, 6.07) is 6.14. The van der Waals surface area contributed by atoms with Crippen molar-refractivity contribution in [3.05, 3.63) is 23.8 Å². The van der Waals surface area contributed by atoms with Crippen molar-refractivity contribution in [3.8, 4) is 11.5 Å². The lowest BCUT2D eigenvalue weighted by Crippen LogP contribution is -2.51. The predicted molar refractivity (Wildman–Crippen MR) is 124 cm³/mol. The maximum Gasteiger partial charge on any atom is 0.226 e. The zero-order valence-electron chi connectivity index (χ0n) is 19.8. The van der Waals surface area contributed by atoms with E-state index in [2.05, 4.69) is 26.8 Å². The van der Waals surface area contributed by atoms with Crippen LogP contribution in [0.25, 0.3) is 0 Å². The van der Waals surface area contributed by atoms with Gasteiger partial charge < -0.3 is 19.1 Å². The molecule has 0 aromatic heterocycles. The first kappa shape index (κ1) is 23.3. The van der Waals surface area contributed by atoms with Gasteiger partial charge in [0.2, 0.25) is 5.91 Å². The zero-order chi connectivity index (χ0) is 22.3. The number of rotatable bonds is 7. The van der Waals surface area contributed by atoms with Crippen molar-refractivity contribution in [2.24, 2.45) is 11.8 Å². The highest BCUT2D eigenvalue weighted by atomic mass is 16.5. The van der Waals surface area contributed by atoms with E-state index in [0.29, 0.717) is 11.8 Å². The summed E-state index contributed by atoms with van der Waals surface area (Å²) >= 11 is 0. The van der Waals surface area contributed by atoms with Crippen LogP contribution >= 0.6 is 0 Å². The maximum atomic E-state index is 13.4. The lowest BCUT2D eigenvalue weighted by atomic mass is 9.87. The molecule has 7 heteroatoms. The molecule has 0 bridgehead atoms. The molecule has 3 heterocycles. The van der Waals surface area contributed by atoms with Crippen LogP contribution in [-0.4, -0.2) is 93.9 Å². The standard InChI is InChI=1S/C25H39N3O4/c1-30-23-7-6-20(15-24(23)31-2)16-27-18-21(17-26-10-12-32-13-11-26)14-22(19-27)25(29)28-8-4-3-5-9-28/h6-7,15,21-22H,3-5,8-14,16-19H2,1-2H3/t21-,22-/m1/s1. The van der Waals surface area contributed by atoms with E-state index < -0.39 is 0 Å². The number of amides is 1. The molecule has 0 saturated carbocycles. The summed E-state index contributed by atoms with van der Waals surface area (Å²) in [5.41, 5.74) is 1.19. The van der Waals surface area contributed by atoms with Gasteiger partial charge in [0.1, 0.15) is 0 Å². The van der Waals surface area contributed by atoms with Crippen molar-refractivity contribution >= 4 is 5.91 Å². The fourth-order valence-corrected chi connectivity index (χ4v) is 5.50. The van der Waals surface area contributed by atoms with Crippen LogP contribution in [0.1, 0.15) is 31.2 Å². The Balaban J connectivity index is 1.46. The topological polar surface area (TPSA) is 54.5 Å². The minimum atomic E-state index is 0.0908.